The minimum atomic E-state index is -4.25. The lowest BCUT2D eigenvalue weighted by molar-refractivity contribution is -0.132. The molecule has 0 spiro atoms. The summed E-state index contributed by atoms with van der Waals surface area (Å²) in [5, 5.41) is 5.88. The van der Waals surface area contributed by atoms with Gasteiger partial charge in [0.1, 0.15) is 5.82 Å². The highest BCUT2D eigenvalue weighted by Crippen LogP contribution is 2.31. The SMILES string of the molecule is CCNC(=NCC(c1c(F)cccc1Cl)N1CCOC(C)C1)NCCC(F)(F)F. The van der Waals surface area contributed by atoms with Crippen LogP contribution in [0.15, 0.2) is 23.2 Å². The topological polar surface area (TPSA) is 48.9 Å². The van der Waals surface area contributed by atoms with Crippen LogP contribution in [0.25, 0.3) is 0 Å². The second kappa shape index (κ2) is 11.0. The highest BCUT2D eigenvalue weighted by atomic mass is 35.5. The molecular weight excluding hydrogens is 412 g/mol. The van der Waals surface area contributed by atoms with Crippen molar-refractivity contribution in [1.82, 2.24) is 15.5 Å². The van der Waals surface area contributed by atoms with Crippen LogP contribution in [0, 0.1) is 5.82 Å². The molecule has 2 N–H and O–H groups in total. The van der Waals surface area contributed by atoms with E-state index >= 15 is 0 Å². The van der Waals surface area contributed by atoms with Gasteiger partial charge in [0, 0.05) is 36.8 Å². The monoisotopic (exact) mass is 438 g/mol. The van der Waals surface area contributed by atoms with Crippen molar-refractivity contribution < 1.29 is 22.3 Å². The van der Waals surface area contributed by atoms with Crippen LogP contribution in [0.4, 0.5) is 17.6 Å². The summed E-state index contributed by atoms with van der Waals surface area (Å²) in [5.41, 5.74) is 0.332. The maximum absolute atomic E-state index is 14.6. The lowest BCUT2D eigenvalue weighted by Crippen LogP contribution is -2.45. The van der Waals surface area contributed by atoms with Crippen molar-refractivity contribution in [3.63, 3.8) is 0 Å². The van der Waals surface area contributed by atoms with E-state index in [4.69, 9.17) is 16.3 Å². The fourth-order valence-corrected chi connectivity index (χ4v) is 3.48. The van der Waals surface area contributed by atoms with Crippen LogP contribution >= 0.6 is 11.6 Å². The molecule has 2 unspecified atom stereocenters. The van der Waals surface area contributed by atoms with Gasteiger partial charge in [-0.3, -0.25) is 9.89 Å². The van der Waals surface area contributed by atoms with E-state index in [2.05, 4.69) is 15.6 Å². The Balaban J connectivity index is 2.22. The number of aliphatic imine (C=N–C) groups is 1. The molecule has 1 aliphatic heterocycles. The summed E-state index contributed by atoms with van der Waals surface area (Å²) in [6.45, 7) is 5.71. The highest BCUT2D eigenvalue weighted by molar-refractivity contribution is 6.31. The average molecular weight is 439 g/mol. The van der Waals surface area contributed by atoms with E-state index in [1.54, 1.807) is 6.07 Å². The molecule has 0 aromatic heterocycles. The Morgan fingerprint density at radius 3 is 2.76 bits per heavy atom. The fraction of sp³-hybridized carbons (Fsp3) is 0.632. The number of guanidine groups is 1. The van der Waals surface area contributed by atoms with Gasteiger partial charge < -0.3 is 15.4 Å². The molecule has 1 aliphatic rings. The van der Waals surface area contributed by atoms with Gasteiger partial charge >= 0.3 is 6.18 Å². The number of rotatable bonds is 7. The van der Waals surface area contributed by atoms with Crippen LogP contribution in [0.2, 0.25) is 5.02 Å². The highest BCUT2D eigenvalue weighted by Gasteiger charge is 2.29. The first-order valence-electron chi connectivity index (χ1n) is 9.59. The van der Waals surface area contributed by atoms with Crippen molar-refractivity contribution in [2.75, 3.05) is 39.3 Å². The number of hydrogen-bond donors (Lipinski definition) is 2. The molecule has 29 heavy (non-hydrogen) atoms. The first-order valence-corrected chi connectivity index (χ1v) is 9.97. The summed E-state index contributed by atoms with van der Waals surface area (Å²) in [5.74, 6) is -0.192. The summed E-state index contributed by atoms with van der Waals surface area (Å²) >= 11 is 6.29. The molecule has 0 aliphatic carbocycles. The molecule has 1 aromatic carbocycles. The normalized spacial score (nSPS) is 19.8. The van der Waals surface area contributed by atoms with Crippen LogP contribution in [0.5, 0.6) is 0 Å². The first kappa shape index (κ1) is 23.7. The quantitative estimate of drug-likeness (QED) is 0.387. The summed E-state index contributed by atoms with van der Waals surface area (Å²) in [4.78, 5) is 6.45. The van der Waals surface area contributed by atoms with Gasteiger partial charge in [0.25, 0.3) is 0 Å². The third kappa shape index (κ3) is 7.64. The molecule has 0 amide bonds. The fourth-order valence-electron chi connectivity index (χ4n) is 3.19. The van der Waals surface area contributed by atoms with Gasteiger partial charge in [-0.25, -0.2) is 4.39 Å². The molecule has 0 saturated carbocycles. The lowest BCUT2D eigenvalue weighted by Gasteiger charge is -2.37. The first-order chi connectivity index (χ1) is 13.7. The minimum Gasteiger partial charge on any atom is -0.376 e. The van der Waals surface area contributed by atoms with Gasteiger partial charge in [0.2, 0.25) is 0 Å². The average Bonchev–Trinajstić information content (AvgIpc) is 2.63. The Morgan fingerprint density at radius 1 is 1.38 bits per heavy atom. The summed E-state index contributed by atoms with van der Waals surface area (Å²) in [7, 11) is 0. The van der Waals surface area contributed by atoms with Gasteiger partial charge in [0.15, 0.2) is 5.96 Å². The van der Waals surface area contributed by atoms with Gasteiger partial charge in [-0.05, 0) is 26.0 Å². The molecule has 1 saturated heterocycles. The van der Waals surface area contributed by atoms with Crippen LogP contribution in [0.3, 0.4) is 0 Å². The predicted octanol–water partition coefficient (Wildman–Crippen LogP) is 3.75. The van der Waals surface area contributed by atoms with Crippen molar-refractivity contribution in [3.8, 4) is 0 Å². The van der Waals surface area contributed by atoms with E-state index in [-0.39, 0.29) is 25.2 Å². The Morgan fingerprint density at radius 2 is 2.14 bits per heavy atom. The number of nitrogens with zero attached hydrogens (tertiary/aromatic N) is 2. The van der Waals surface area contributed by atoms with E-state index in [0.717, 1.165) is 0 Å². The third-order valence-corrected chi connectivity index (χ3v) is 4.84. The third-order valence-electron chi connectivity index (χ3n) is 4.51. The van der Waals surface area contributed by atoms with Crippen LogP contribution < -0.4 is 10.6 Å². The molecule has 0 bridgehead atoms. The second-order valence-corrected chi connectivity index (χ2v) is 7.25. The number of benzene rings is 1. The molecular formula is C19H27ClF4N4O. The largest absolute Gasteiger partial charge is 0.390 e. The molecule has 2 atom stereocenters. The Hall–Kier alpha value is -1.58. The molecule has 1 heterocycles. The molecule has 164 valence electrons. The molecule has 1 aromatic rings. The number of morpholine rings is 1. The maximum atomic E-state index is 14.6. The van der Waals surface area contributed by atoms with Crippen molar-refractivity contribution >= 4 is 17.6 Å². The summed E-state index contributed by atoms with van der Waals surface area (Å²) < 4.78 is 57.4. The van der Waals surface area contributed by atoms with Crippen LogP contribution in [0.1, 0.15) is 31.9 Å². The van der Waals surface area contributed by atoms with E-state index < -0.39 is 24.5 Å². The summed E-state index contributed by atoms with van der Waals surface area (Å²) in [6.07, 6.45) is -5.25. The standard InChI is InChI=1S/C19H27ClF4N4O/c1-3-25-18(26-8-7-19(22,23)24)27-11-16(28-9-10-29-13(2)12-28)17-14(20)5-4-6-15(17)21/h4-6,13,16H,3,7-12H2,1-2H3,(H2,25,26,27). The lowest BCUT2D eigenvalue weighted by atomic mass is 10.0. The molecule has 1 fully saturated rings. The van der Waals surface area contributed by atoms with Crippen LogP contribution in [-0.2, 0) is 4.74 Å². The Labute approximate surface area is 173 Å². The maximum Gasteiger partial charge on any atom is 0.390 e. The molecule has 10 heteroatoms. The van der Waals surface area contributed by atoms with Gasteiger partial charge in [-0.2, -0.15) is 13.2 Å². The Bertz CT molecular complexity index is 666. The number of hydrogen-bond acceptors (Lipinski definition) is 3. The van der Waals surface area contributed by atoms with E-state index in [1.807, 2.05) is 18.7 Å². The number of halogens is 5. The van der Waals surface area contributed by atoms with Crippen LogP contribution in [-0.4, -0.2) is 62.5 Å². The van der Waals surface area contributed by atoms with Crippen molar-refractivity contribution in [2.45, 2.75) is 38.6 Å². The van der Waals surface area contributed by atoms with Gasteiger partial charge in [-0.15, -0.1) is 0 Å². The predicted molar refractivity (Wildman–Crippen MR) is 106 cm³/mol. The van der Waals surface area contributed by atoms with Crippen molar-refractivity contribution in [2.24, 2.45) is 4.99 Å². The number of nitrogens with one attached hydrogen (secondary N) is 2. The zero-order valence-electron chi connectivity index (χ0n) is 16.5. The Kier molecular flexibility index (Phi) is 8.98. The molecule has 2 rings (SSSR count). The van der Waals surface area contributed by atoms with Gasteiger partial charge in [-0.1, -0.05) is 17.7 Å². The van der Waals surface area contributed by atoms with E-state index in [1.165, 1.54) is 12.1 Å². The molecule has 0 radical (unpaired) electrons. The van der Waals surface area contributed by atoms with Crippen molar-refractivity contribution in [1.29, 1.82) is 0 Å². The zero-order chi connectivity index (χ0) is 21.4. The second-order valence-electron chi connectivity index (χ2n) is 6.84. The number of alkyl halides is 3. The molecule has 5 nitrogen and oxygen atoms in total. The summed E-state index contributed by atoms with van der Waals surface area (Å²) in [6, 6.07) is 4.03. The number of ether oxygens (including phenoxy) is 1. The minimum absolute atomic E-state index is 0.0288. The van der Waals surface area contributed by atoms with E-state index in [9.17, 15) is 17.6 Å². The van der Waals surface area contributed by atoms with Gasteiger partial charge in [0.05, 0.1) is 31.7 Å². The smallest absolute Gasteiger partial charge is 0.376 e. The van der Waals surface area contributed by atoms with E-state index in [0.29, 0.717) is 36.8 Å². The zero-order valence-corrected chi connectivity index (χ0v) is 17.3. The van der Waals surface area contributed by atoms with Crippen molar-refractivity contribution in [3.05, 3.63) is 34.6 Å².